The number of ketones is 1. The zero-order chi connectivity index (χ0) is 19.6. The van der Waals surface area contributed by atoms with E-state index in [4.69, 9.17) is 5.73 Å². The molecule has 8 heteroatoms. The third kappa shape index (κ3) is 3.74. The van der Waals surface area contributed by atoms with Gasteiger partial charge in [-0.1, -0.05) is 0 Å². The topological polar surface area (TPSA) is 103 Å². The predicted molar refractivity (Wildman–Crippen MR) is 90.9 cm³/mol. The van der Waals surface area contributed by atoms with Gasteiger partial charge in [-0.15, -0.1) is 0 Å². The van der Waals surface area contributed by atoms with Gasteiger partial charge in [-0.25, -0.2) is 8.78 Å². The number of nitrogens with zero attached hydrogens (tertiary/aromatic N) is 1. The van der Waals surface area contributed by atoms with Gasteiger partial charge in [0.1, 0.15) is 23.8 Å². The Morgan fingerprint density at radius 3 is 2.38 bits per heavy atom. The molecule has 0 saturated heterocycles. The molecule has 0 fully saturated rings. The standard InChI is InChI=1S/C18H16F2N2O4/c1-9-3-14(19)11(5-16(9)21)6-18(24)13(8-23)12-7-17(22(25)26)10(2)4-15(12)20/h3-5,7-8,13H,6,21H2,1-2H3. The third-order valence-corrected chi connectivity index (χ3v) is 4.13. The normalized spacial score (nSPS) is 11.8. The van der Waals surface area contributed by atoms with E-state index < -0.39 is 45.9 Å². The van der Waals surface area contributed by atoms with Crippen molar-refractivity contribution in [3.63, 3.8) is 0 Å². The SMILES string of the molecule is Cc1cc(F)c(CC(=O)C(C=O)c2cc([N+](=O)[O-])c(C)cc2F)cc1N. The number of hydrogen-bond donors (Lipinski definition) is 1. The minimum Gasteiger partial charge on any atom is -0.399 e. The summed E-state index contributed by atoms with van der Waals surface area (Å²) in [5.74, 6) is -3.97. The Hall–Kier alpha value is -3.16. The summed E-state index contributed by atoms with van der Waals surface area (Å²) in [6, 6.07) is 4.19. The Morgan fingerprint density at radius 2 is 1.81 bits per heavy atom. The highest BCUT2D eigenvalue weighted by atomic mass is 19.1. The first-order valence-corrected chi connectivity index (χ1v) is 7.62. The molecule has 0 aliphatic carbocycles. The van der Waals surface area contributed by atoms with Crippen molar-refractivity contribution in [3.05, 3.63) is 68.3 Å². The number of aryl methyl sites for hydroxylation is 2. The van der Waals surface area contributed by atoms with Crippen LogP contribution in [-0.2, 0) is 16.0 Å². The quantitative estimate of drug-likeness (QED) is 0.279. The Kier molecular flexibility index (Phi) is 5.44. The van der Waals surface area contributed by atoms with E-state index in [1.54, 1.807) is 6.92 Å². The second kappa shape index (κ2) is 7.38. The number of halogens is 2. The van der Waals surface area contributed by atoms with Crippen LogP contribution in [0.1, 0.15) is 28.2 Å². The van der Waals surface area contributed by atoms with Crippen LogP contribution < -0.4 is 5.73 Å². The van der Waals surface area contributed by atoms with E-state index >= 15 is 0 Å². The minimum absolute atomic E-state index is 0.0352. The second-order valence-electron chi connectivity index (χ2n) is 5.97. The molecule has 0 radical (unpaired) electrons. The molecule has 2 aromatic rings. The van der Waals surface area contributed by atoms with Gasteiger partial charge in [0.25, 0.3) is 5.69 Å². The van der Waals surface area contributed by atoms with Crippen molar-refractivity contribution in [2.45, 2.75) is 26.2 Å². The monoisotopic (exact) mass is 362 g/mol. The van der Waals surface area contributed by atoms with Crippen LogP contribution in [0.3, 0.4) is 0 Å². The van der Waals surface area contributed by atoms with Crippen LogP contribution in [-0.4, -0.2) is 17.0 Å². The predicted octanol–water partition coefficient (Wildman–Crippen LogP) is 3.17. The summed E-state index contributed by atoms with van der Waals surface area (Å²) in [4.78, 5) is 34.1. The molecule has 136 valence electrons. The molecule has 0 saturated carbocycles. The number of nitro groups is 1. The molecule has 1 unspecified atom stereocenters. The molecule has 0 aliphatic heterocycles. The third-order valence-electron chi connectivity index (χ3n) is 4.13. The molecule has 6 nitrogen and oxygen atoms in total. The number of Topliss-reactive ketones (excluding diaryl/α,β-unsaturated/α-hetero) is 1. The van der Waals surface area contributed by atoms with Crippen LogP contribution in [0.25, 0.3) is 0 Å². The molecule has 2 N–H and O–H groups in total. The zero-order valence-electron chi connectivity index (χ0n) is 14.1. The fourth-order valence-corrected chi connectivity index (χ4v) is 2.60. The van der Waals surface area contributed by atoms with Crippen LogP contribution >= 0.6 is 0 Å². The average Bonchev–Trinajstić information content (AvgIpc) is 2.54. The summed E-state index contributed by atoms with van der Waals surface area (Å²) >= 11 is 0. The lowest BCUT2D eigenvalue weighted by atomic mass is 9.90. The summed E-state index contributed by atoms with van der Waals surface area (Å²) in [5.41, 5.74) is 5.66. The van der Waals surface area contributed by atoms with Crippen molar-refractivity contribution in [3.8, 4) is 0 Å². The Labute approximate surface area is 147 Å². The first-order chi connectivity index (χ1) is 12.1. The number of carbonyl (C=O) groups is 2. The van der Waals surface area contributed by atoms with Gasteiger partial charge in [-0.2, -0.15) is 0 Å². The lowest BCUT2D eigenvalue weighted by molar-refractivity contribution is -0.385. The van der Waals surface area contributed by atoms with Gasteiger partial charge in [0.05, 0.1) is 4.92 Å². The van der Waals surface area contributed by atoms with Gasteiger partial charge in [-0.05, 0) is 43.2 Å². The second-order valence-corrected chi connectivity index (χ2v) is 5.97. The van der Waals surface area contributed by atoms with E-state index in [-0.39, 0.29) is 23.1 Å². The van der Waals surface area contributed by atoms with Crippen molar-refractivity contribution in [1.29, 1.82) is 0 Å². The van der Waals surface area contributed by atoms with Crippen LogP contribution in [0, 0.1) is 35.6 Å². The van der Waals surface area contributed by atoms with Crippen LogP contribution in [0.2, 0.25) is 0 Å². The highest BCUT2D eigenvalue weighted by molar-refractivity contribution is 6.00. The van der Waals surface area contributed by atoms with E-state index in [2.05, 4.69) is 0 Å². The van der Waals surface area contributed by atoms with Crippen LogP contribution in [0.4, 0.5) is 20.2 Å². The molecular formula is C18H16F2N2O4. The zero-order valence-corrected chi connectivity index (χ0v) is 14.1. The molecule has 0 bridgehead atoms. The first-order valence-electron chi connectivity index (χ1n) is 7.62. The van der Waals surface area contributed by atoms with E-state index in [0.29, 0.717) is 5.56 Å². The summed E-state index contributed by atoms with van der Waals surface area (Å²) < 4.78 is 28.2. The molecule has 2 aromatic carbocycles. The van der Waals surface area contributed by atoms with Crippen molar-refractivity contribution in [2.75, 3.05) is 5.73 Å². The average molecular weight is 362 g/mol. The fourth-order valence-electron chi connectivity index (χ4n) is 2.60. The molecule has 0 spiro atoms. The van der Waals surface area contributed by atoms with Gasteiger partial charge in [-0.3, -0.25) is 14.9 Å². The molecule has 0 amide bonds. The van der Waals surface area contributed by atoms with Gasteiger partial charge in [0.2, 0.25) is 0 Å². The lowest BCUT2D eigenvalue weighted by Gasteiger charge is -2.13. The van der Waals surface area contributed by atoms with E-state index in [9.17, 15) is 28.5 Å². The maximum absolute atomic E-state index is 14.2. The van der Waals surface area contributed by atoms with Crippen molar-refractivity contribution in [1.82, 2.24) is 0 Å². The molecule has 2 rings (SSSR count). The van der Waals surface area contributed by atoms with Gasteiger partial charge in [0, 0.05) is 29.3 Å². The first kappa shape index (κ1) is 19.2. The minimum atomic E-state index is -1.59. The molecule has 0 heterocycles. The van der Waals surface area contributed by atoms with Gasteiger partial charge < -0.3 is 10.5 Å². The number of nitrogen functional groups attached to an aromatic ring is 1. The number of carbonyl (C=O) groups excluding carboxylic acids is 2. The number of rotatable bonds is 6. The molecular weight excluding hydrogens is 346 g/mol. The largest absolute Gasteiger partial charge is 0.399 e. The maximum atomic E-state index is 14.2. The Balaban J connectivity index is 2.41. The smallest absolute Gasteiger partial charge is 0.272 e. The fraction of sp³-hybridized carbons (Fsp3) is 0.222. The lowest BCUT2D eigenvalue weighted by Crippen LogP contribution is -2.19. The molecule has 0 aliphatic rings. The van der Waals surface area contributed by atoms with E-state index in [1.807, 2.05) is 0 Å². The Bertz CT molecular complexity index is 913. The molecule has 1 atom stereocenters. The number of hydrogen-bond acceptors (Lipinski definition) is 5. The maximum Gasteiger partial charge on any atom is 0.272 e. The van der Waals surface area contributed by atoms with Crippen molar-refractivity contribution in [2.24, 2.45) is 0 Å². The van der Waals surface area contributed by atoms with E-state index in [0.717, 1.165) is 18.2 Å². The van der Waals surface area contributed by atoms with Crippen LogP contribution in [0.5, 0.6) is 0 Å². The number of nitro benzene ring substituents is 1. The van der Waals surface area contributed by atoms with Gasteiger partial charge in [0.15, 0.2) is 5.78 Å². The highest BCUT2D eigenvalue weighted by Gasteiger charge is 2.27. The number of anilines is 1. The van der Waals surface area contributed by atoms with Crippen molar-refractivity contribution >= 4 is 23.4 Å². The summed E-state index contributed by atoms with van der Waals surface area (Å²) in [7, 11) is 0. The molecule has 26 heavy (non-hydrogen) atoms. The molecule has 0 aromatic heterocycles. The summed E-state index contributed by atoms with van der Waals surface area (Å²) in [6.45, 7) is 2.94. The number of nitrogens with two attached hydrogens (primary N) is 1. The highest BCUT2D eigenvalue weighted by Crippen LogP contribution is 2.28. The number of benzene rings is 2. The Morgan fingerprint density at radius 1 is 1.19 bits per heavy atom. The summed E-state index contributed by atoms with van der Waals surface area (Å²) in [6.07, 6.45) is -0.309. The van der Waals surface area contributed by atoms with Crippen molar-refractivity contribution < 1.29 is 23.3 Å². The van der Waals surface area contributed by atoms with E-state index in [1.165, 1.54) is 13.0 Å². The summed E-state index contributed by atoms with van der Waals surface area (Å²) in [5, 5.41) is 11.0. The number of aldehydes is 1. The van der Waals surface area contributed by atoms with Crippen LogP contribution in [0.15, 0.2) is 24.3 Å². The van der Waals surface area contributed by atoms with Gasteiger partial charge >= 0.3 is 0 Å².